The van der Waals surface area contributed by atoms with Crippen LogP contribution >= 0.6 is 0 Å². The van der Waals surface area contributed by atoms with Crippen molar-refractivity contribution in [1.82, 2.24) is 0 Å². The van der Waals surface area contributed by atoms with E-state index in [0.717, 1.165) is 18.1 Å². The highest BCUT2D eigenvalue weighted by molar-refractivity contribution is 6.93. The maximum atomic E-state index is 12.8. The number of carbonyl (C=O) groups is 1. The van der Waals surface area contributed by atoms with Crippen molar-refractivity contribution < 1.29 is 58.9 Å². The minimum atomic E-state index is -3.65. The fourth-order valence-corrected chi connectivity index (χ4v) is 72.0. The van der Waals surface area contributed by atoms with Gasteiger partial charge in [0.2, 0.25) is 0 Å². The molecule has 0 N–H and O–H groups in total. The normalized spacial score (nSPS) is 15.8. The van der Waals surface area contributed by atoms with Gasteiger partial charge < -0.3 is 54.1 Å². The van der Waals surface area contributed by atoms with Crippen molar-refractivity contribution in [3.8, 4) is 0 Å². The van der Waals surface area contributed by atoms with Crippen LogP contribution in [0.1, 0.15) is 13.3 Å². The summed E-state index contributed by atoms with van der Waals surface area (Å²) in [7, 11) is -37.3. The van der Waals surface area contributed by atoms with Gasteiger partial charge in [0.05, 0.1) is 6.61 Å². The van der Waals surface area contributed by atoms with Gasteiger partial charge >= 0.3 is 41.2 Å². The molecule has 0 aromatic rings. The summed E-state index contributed by atoms with van der Waals surface area (Å²) in [6.07, 6.45) is 0.513. The zero-order chi connectivity index (χ0) is 56.1. The Labute approximate surface area is 457 Å². The third-order valence-corrected chi connectivity index (χ3v) is 60.2. The first kappa shape index (κ1) is 73.2. The molecule has 424 valence electrons. The van der Waals surface area contributed by atoms with Crippen LogP contribution in [0.4, 0.5) is 0 Å². The Bertz CT molecular complexity index is 1510. The van der Waals surface area contributed by atoms with E-state index in [9.17, 15) is 4.79 Å². The van der Waals surface area contributed by atoms with Crippen LogP contribution in [0.2, 0.25) is 226 Å². The van der Waals surface area contributed by atoms with Gasteiger partial charge in [0.25, 0.3) is 0 Å². The fourth-order valence-electron chi connectivity index (χ4n) is 7.88. The minimum Gasteiger partial charge on any atom is -0.462 e. The van der Waals surface area contributed by atoms with Crippen molar-refractivity contribution in [1.29, 1.82) is 0 Å². The molecule has 0 amide bonds. The van der Waals surface area contributed by atoms with Crippen molar-refractivity contribution in [3.63, 3.8) is 0 Å². The van der Waals surface area contributed by atoms with Gasteiger partial charge in [0.15, 0.2) is 103 Å². The zero-order valence-electron chi connectivity index (χ0n) is 51.2. The first-order chi connectivity index (χ1) is 31.5. The Hall–Kier alpha value is 2.20. The van der Waals surface area contributed by atoms with Crippen molar-refractivity contribution >= 4 is 145 Å². The topological polar surface area (TPSA) is 137 Å². The molecule has 0 aliphatic rings. The zero-order valence-corrected chi connectivity index (χ0v) is 67.9. The molecule has 0 rings (SSSR count). The van der Waals surface area contributed by atoms with Crippen LogP contribution in [0.25, 0.3) is 0 Å². The minimum absolute atomic E-state index is 0.199. The smallest absolute Gasteiger partial charge is 0.462 e. The van der Waals surface area contributed by atoms with E-state index in [-0.39, 0.29) is 6.61 Å². The summed E-state index contributed by atoms with van der Waals surface area (Å²) in [5, 5.41) is 0. The first-order valence-corrected chi connectivity index (χ1v) is 71.1. The lowest BCUT2D eigenvalue weighted by Gasteiger charge is -2.46. The van der Waals surface area contributed by atoms with Gasteiger partial charge in [-0.25, -0.2) is 4.79 Å². The molecule has 0 aromatic carbocycles. The van der Waals surface area contributed by atoms with Crippen molar-refractivity contribution in [2.75, 3.05) is 6.61 Å². The lowest BCUT2D eigenvalue weighted by molar-refractivity contribution is -0.139. The Kier molecular flexibility index (Phi) is 30.5. The fraction of sp³-hybridized carbons (Fsp3) is 0.927. The Morgan fingerprint density at radius 2 is 0.676 bits per heavy atom. The van der Waals surface area contributed by atoms with Gasteiger partial charge in [-0.1, -0.05) is 6.58 Å². The molecule has 14 nitrogen and oxygen atoms in total. The molecule has 0 spiro atoms. The second-order valence-corrected chi connectivity index (χ2v) is 84.3. The molecular weight excluding hydrogens is 1170 g/mol. The summed E-state index contributed by atoms with van der Waals surface area (Å²) < 4.78 is 92.8. The second kappa shape index (κ2) is 29.6. The van der Waals surface area contributed by atoms with Crippen LogP contribution in [0.5, 0.6) is 0 Å². The number of carbonyl (C=O) groups excluding carboxylic acids is 1. The van der Waals surface area contributed by atoms with Crippen LogP contribution in [0, 0.1) is 0 Å². The van der Waals surface area contributed by atoms with E-state index < -0.39 is 145 Å². The van der Waals surface area contributed by atoms with E-state index >= 15 is 0 Å². The molecule has 2 unspecified atom stereocenters. The molecule has 0 heterocycles. The van der Waals surface area contributed by atoms with Gasteiger partial charge in [-0.2, -0.15) is 0 Å². The number of ether oxygens (including phenoxy) is 1. The van der Waals surface area contributed by atoms with Crippen LogP contribution in [-0.2, 0) is 58.9 Å². The number of hydrogen-bond acceptors (Lipinski definition) is 14. The number of rotatable bonds is 38. The van der Waals surface area contributed by atoms with Gasteiger partial charge in [-0.3, -0.25) is 0 Å². The summed E-state index contributed by atoms with van der Waals surface area (Å²) in [5.74, 6) is -0.405. The molecule has 0 aliphatic heterocycles. The van der Waals surface area contributed by atoms with Crippen LogP contribution < -0.4 is 0 Å². The molecule has 30 heteroatoms. The van der Waals surface area contributed by atoms with E-state index in [1.54, 1.807) is 6.92 Å². The van der Waals surface area contributed by atoms with E-state index in [1.165, 1.54) is 0 Å². The Balaban J connectivity index is 8.07. The van der Waals surface area contributed by atoms with E-state index in [1.807, 2.05) is 0 Å². The van der Waals surface area contributed by atoms with Crippen LogP contribution in [-0.4, -0.2) is 151 Å². The van der Waals surface area contributed by atoms with Crippen molar-refractivity contribution in [2.45, 2.75) is 239 Å². The molecule has 0 radical (unpaired) electrons. The van der Waals surface area contributed by atoms with Gasteiger partial charge in [0, 0.05) is 29.7 Å². The molecule has 0 saturated carbocycles. The third-order valence-electron chi connectivity index (χ3n) is 9.35. The highest BCUT2D eigenvalue weighted by Crippen LogP contribution is 2.38. The average molecular weight is 1280 g/mol. The molecule has 0 saturated heterocycles. The summed E-state index contributed by atoms with van der Waals surface area (Å²) in [6.45, 7) is 68.3. The monoisotopic (exact) mass is 1280 g/mol. The van der Waals surface area contributed by atoms with Crippen LogP contribution in [0.15, 0.2) is 12.2 Å². The Morgan fingerprint density at radius 3 is 0.986 bits per heavy atom. The first-order valence-electron chi connectivity index (χ1n) is 26.6. The van der Waals surface area contributed by atoms with E-state index in [2.05, 4.69) is 190 Å². The third kappa shape index (κ3) is 34.7. The van der Waals surface area contributed by atoms with Gasteiger partial charge in [-0.15, -0.1) is 0 Å². The maximum Gasteiger partial charge on any atom is 0.469 e. The molecular formula is C41H112O14Si16. The van der Waals surface area contributed by atoms with Crippen molar-refractivity contribution in [2.24, 2.45) is 0 Å². The SMILES string of the molecule is C=C(C)C(=O)OCCC[Si](O[SiH](C)CC[Si](O[SiH](C)C)(O[Si](C)(C)C)O[Si](C)(C)C)(O[Si](C)(C)CC[Si](O[SiH](C)C)(O[SiH](C)C)O[SiH](C)C)O[Si](C)(C)CC[Si](O[Si](C)(C)C)(O[Si](C)(C)C)O[Si](C)(C)C. The molecule has 71 heavy (non-hydrogen) atoms. The van der Waals surface area contributed by atoms with Crippen LogP contribution in [0.3, 0.4) is 0 Å². The number of esters is 1. The highest BCUT2D eigenvalue weighted by Gasteiger charge is 2.56. The molecule has 0 aliphatic carbocycles. The lowest BCUT2D eigenvalue weighted by atomic mass is 10.4. The summed E-state index contributed by atoms with van der Waals surface area (Å²) >= 11 is 0. The predicted octanol–water partition coefficient (Wildman–Crippen LogP) is 12.3. The molecule has 0 fully saturated rings. The summed E-state index contributed by atoms with van der Waals surface area (Å²) in [6, 6.07) is 4.80. The van der Waals surface area contributed by atoms with Crippen molar-refractivity contribution in [3.05, 3.63) is 12.2 Å². The summed E-state index contributed by atoms with van der Waals surface area (Å²) in [5.41, 5.74) is 0.368. The highest BCUT2D eigenvalue weighted by atomic mass is 28.5. The quantitative estimate of drug-likeness (QED) is 0.0251. The maximum absolute atomic E-state index is 12.8. The predicted molar refractivity (Wildman–Crippen MR) is 340 cm³/mol. The molecule has 2 atom stereocenters. The summed E-state index contributed by atoms with van der Waals surface area (Å²) in [4.78, 5) is 12.8. The molecule has 0 bridgehead atoms. The van der Waals surface area contributed by atoms with Gasteiger partial charge in [0.1, 0.15) is 0 Å². The van der Waals surface area contributed by atoms with E-state index in [4.69, 9.17) is 54.1 Å². The van der Waals surface area contributed by atoms with E-state index in [0.29, 0.717) is 36.2 Å². The Morgan fingerprint density at radius 1 is 0.380 bits per heavy atom. The largest absolute Gasteiger partial charge is 0.469 e. The van der Waals surface area contributed by atoms with Gasteiger partial charge in [-0.05, 0) is 215 Å². The molecule has 0 aromatic heterocycles. The standard InChI is InChI=1S/C41H112O14Si16/c1-40(2)41(42)43-32-31-34-69(54-66(27,28)36-38-68(44-56(3)4,45-57(5)6)46-58(7)8,48-60(11)33-35-70(47-59(9)10,49-61(12,13)14)50-62(15,16)17)55-67(29,30)37-39-71(51-63(18,19)20,52-64(21,22)23)53-65(24,25)26/h56-60H,1,31-39H2,2-30H3. The average Bonchev–Trinajstić information content (AvgIpc) is 3.05. The second-order valence-electron chi connectivity index (χ2n) is 26.7. The lowest BCUT2D eigenvalue weighted by Crippen LogP contribution is -2.63. The number of hydrogen-bond donors (Lipinski definition) is 0.